The minimum absolute atomic E-state index is 0.0103. The second-order valence-corrected chi connectivity index (χ2v) is 4.61. The number of benzene rings is 1. The number of hydrogen-bond donors (Lipinski definition) is 2. The van der Waals surface area contributed by atoms with E-state index in [0.29, 0.717) is 29.9 Å². The molecule has 98 valence electrons. The van der Waals surface area contributed by atoms with Gasteiger partial charge in [-0.05, 0) is 42.7 Å². The molecule has 1 aromatic heterocycles. The highest BCUT2D eigenvalue weighted by Crippen LogP contribution is 2.15. The molecule has 0 bridgehead atoms. The van der Waals surface area contributed by atoms with Gasteiger partial charge in [0.25, 0.3) is 0 Å². The monoisotopic (exact) mass is 255 g/mol. The second-order valence-electron chi connectivity index (χ2n) is 4.61. The summed E-state index contributed by atoms with van der Waals surface area (Å²) in [5, 5.41) is 0. The molecule has 0 amide bonds. The topological polar surface area (TPSA) is 82.0 Å². The van der Waals surface area contributed by atoms with Crippen LogP contribution in [0.25, 0.3) is 0 Å². The number of carbonyl (C=O) groups excluding carboxylic acids is 1. The third-order valence-corrected chi connectivity index (χ3v) is 2.95. The highest BCUT2D eigenvalue weighted by Gasteiger charge is 2.11. The van der Waals surface area contributed by atoms with Gasteiger partial charge in [0.15, 0.2) is 5.78 Å². The number of nitrogen functional groups attached to an aromatic ring is 2. The fraction of sp³-hybridized carbons (Fsp3) is 0.200. The van der Waals surface area contributed by atoms with Crippen LogP contribution in [-0.2, 0) is 6.42 Å². The highest BCUT2D eigenvalue weighted by molar-refractivity contribution is 6.00. The van der Waals surface area contributed by atoms with E-state index in [-0.39, 0.29) is 5.78 Å². The first-order chi connectivity index (χ1) is 9.06. The second kappa shape index (κ2) is 5.52. The summed E-state index contributed by atoms with van der Waals surface area (Å²) in [6.45, 7) is 1.89. The van der Waals surface area contributed by atoms with Crippen LogP contribution in [0.4, 0.5) is 11.5 Å². The molecule has 0 aliphatic carbocycles. The van der Waals surface area contributed by atoms with Crippen LogP contribution in [-0.4, -0.2) is 10.8 Å². The van der Waals surface area contributed by atoms with Crippen molar-refractivity contribution in [2.24, 2.45) is 0 Å². The van der Waals surface area contributed by atoms with Crippen molar-refractivity contribution in [1.82, 2.24) is 4.98 Å². The molecule has 1 aromatic carbocycles. The average molecular weight is 255 g/mol. The summed E-state index contributed by atoms with van der Waals surface area (Å²) in [6, 6.07) is 9.34. The zero-order valence-electron chi connectivity index (χ0n) is 10.9. The summed E-state index contributed by atoms with van der Waals surface area (Å²) in [5.74, 6) is 0.305. The van der Waals surface area contributed by atoms with Crippen LogP contribution in [0.3, 0.4) is 0 Å². The van der Waals surface area contributed by atoms with Crippen LogP contribution in [0.2, 0.25) is 0 Å². The minimum Gasteiger partial charge on any atom is -0.399 e. The predicted molar refractivity (Wildman–Crippen MR) is 76.9 cm³/mol. The Labute approximate surface area is 112 Å². The van der Waals surface area contributed by atoms with Crippen molar-refractivity contribution < 1.29 is 4.79 Å². The van der Waals surface area contributed by atoms with Gasteiger partial charge in [-0.2, -0.15) is 0 Å². The van der Waals surface area contributed by atoms with E-state index < -0.39 is 0 Å². The summed E-state index contributed by atoms with van der Waals surface area (Å²) in [5.41, 5.74) is 14.6. The van der Waals surface area contributed by atoms with E-state index >= 15 is 0 Å². The zero-order valence-corrected chi connectivity index (χ0v) is 10.9. The van der Waals surface area contributed by atoms with Crippen LogP contribution >= 0.6 is 0 Å². The molecule has 0 saturated carbocycles. The molecular formula is C15H17N3O. The number of aromatic nitrogens is 1. The largest absolute Gasteiger partial charge is 0.399 e. The molecule has 1 heterocycles. The number of nitrogens with zero attached hydrogens (tertiary/aromatic N) is 1. The Kier molecular flexibility index (Phi) is 3.80. The first kappa shape index (κ1) is 13.1. The summed E-state index contributed by atoms with van der Waals surface area (Å²) in [4.78, 5) is 16.1. The molecule has 0 atom stereocenters. The number of Topliss-reactive ketones (excluding diaryl/α,β-unsaturated/α-hetero) is 1. The number of nitrogens with two attached hydrogens (primary N) is 2. The van der Waals surface area contributed by atoms with Crippen LogP contribution in [0.15, 0.2) is 36.5 Å². The predicted octanol–water partition coefficient (Wildman–Crippen LogP) is 2.37. The Hall–Kier alpha value is -2.36. The van der Waals surface area contributed by atoms with Crippen LogP contribution in [0, 0.1) is 6.92 Å². The molecule has 0 unspecified atom stereocenters. The molecule has 0 aliphatic heterocycles. The van der Waals surface area contributed by atoms with E-state index in [1.54, 1.807) is 12.3 Å². The van der Waals surface area contributed by atoms with E-state index in [9.17, 15) is 4.79 Å². The van der Waals surface area contributed by atoms with Gasteiger partial charge in [-0.3, -0.25) is 4.79 Å². The van der Waals surface area contributed by atoms with Crippen molar-refractivity contribution >= 4 is 17.3 Å². The SMILES string of the molecule is Cc1cnc(N)c(C(=O)CCc2cccc(N)c2)c1. The van der Waals surface area contributed by atoms with Crippen molar-refractivity contribution in [3.05, 3.63) is 53.2 Å². The Balaban J connectivity index is 2.07. The van der Waals surface area contributed by atoms with Gasteiger partial charge in [-0.25, -0.2) is 4.98 Å². The number of ketones is 1. The third-order valence-electron chi connectivity index (χ3n) is 2.95. The van der Waals surface area contributed by atoms with E-state index in [1.807, 2.05) is 31.2 Å². The van der Waals surface area contributed by atoms with Crippen molar-refractivity contribution in [1.29, 1.82) is 0 Å². The highest BCUT2D eigenvalue weighted by atomic mass is 16.1. The lowest BCUT2D eigenvalue weighted by atomic mass is 10.0. The quantitative estimate of drug-likeness (QED) is 0.649. The van der Waals surface area contributed by atoms with Gasteiger partial charge in [-0.15, -0.1) is 0 Å². The number of hydrogen-bond acceptors (Lipinski definition) is 4. The molecule has 0 aliphatic rings. The number of pyridine rings is 1. The fourth-order valence-corrected chi connectivity index (χ4v) is 1.94. The lowest BCUT2D eigenvalue weighted by Crippen LogP contribution is -2.07. The third kappa shape index (κ3) is 3.31. The number of rotatable bonds is 4. The average Bonchev–Trinajstić information content (AvgIpc) is 2.39. The molecule has 0 radical (unpaired) electrons. The Morgan fingerprint density at radius 2 is 2.05 bits per heavy atom. The molecule has 0 spiro atoms. The fourth-order valence-electron chi connectivity index (χ4n) is 1.94. The van der Waals surface area contributed by atoms with Crippen molar-refractivity contribution in [2.75, 3.05) is 11.5 Å². The zero-order chi connectivity index (χ0) is 13.8. The number of anilines is 2. The Morgan fingerprint density at radius 3 is 2.79 bits per heavy atom. The normalized spacial score (nSPS) is 10.4. The van der Waals surface area contributed by atoms with Gasteiger partial charge >= 0.3 is 0 Å². The van der Waals surface area contributed by atoms with Crippen LogP contribution < -0.4 is 11.5 Å². The molecule has 4 nitrogen and oxygen atoms in total. The van der Waals surface area contributed by atoms with Crippen molar-refractivity contribution in [3.8, 4) is 0 Å². The molecule has 4 heteroatoms. The van der Waals surface area contributed by atoms with E-state index in [2.05, 4.69) is 4.98 Å². The number of aryl methyl sites for hydroxylation is 2. The molecular weight excluding hydrogens is 238 g/mol. The Bertz CT molecular complexity index is 608. The number of carbonyl (C=O) groups is 1. The molecule has 2 rings (SSSR count). The minimum atomic E-state index is 0.0103. The van der Waals surface area contributed by atoms with Crippen LogP contribution in [0.5, 0.6) is 0 Å². The van der Waals surface area contributed by atoms with Gasteiger partial charge in [0.1, 0.15) is 5.82 Å². The van der Waals surface area contributed by atoms with E-state index in [4.69, 9.17) is 11.5 Å². The maximum Gasteiger partial charge on any atom is 0.166 e. The molecule has 4 N–H and O–H groups in total. The lowest BCUT2D eigenvalue weighted by molar-refractivity contribution is 0.0983. The summed E-state index contributed by atoms with van der Waals surface area (Å²) in [6.07, 6.45) is 2.71. The first-order valence-electron chi connectivity index (χ1n) is 6.16. The maximum absolute atomic E-state index is 12.1. The maximum atomic E-state index is 12.1. The van der Waals surface area contributed by atoms with Crippen molar-refractivity contribution in [3.63, 3.8) is 0 Å². The lowest BCUT2D eigenvalue weighted by Gasteiger charge is -2.06. The molecule has 2 aromatic rings. The molecule has 0 saturated heterocycles. The van der Waals surface area contributed by atoms with Crippen LogP contribution in [0.1, 0.15) is 27.9 Å². The Morgan fingerprint density at radius 1 is 1.26 bits per heavy atom. The van der Waals surface area contributed by atoms with Gasteiger partial charge in [0, 0.05) is 18.3 Å². The van der Waals surface area contributed by atoms with E-state index in [1.165, 1.54) is 0 Å². The van der Waals surface area contributed by atoms with Gasteiger partial charge < -0.3 is 11.5 Å². The summed E-state index contributed by atoms with van der Waals surface area (Å²) >= 11 is 0. The van der Waals surface area contributed by atoms with E-state index in [0.717, 1.165) is 11.1 Å². The standard InChI is InChI=1S/C15H17N3O/c1-10-7-13(15(17)18-9-10)14(19)6-5-11-3-2-4-12(16)8-11/h2-4,7-9H,5-6,16H2,1H3,(H2,17,18). The van der Waals surface area contributed by atoms with Gasteiger partial charge in [0.2, 0.25) is 0 Å². The molecule has 19 heavy (non-hydrogen) atoms. The smallest absolute Gasteiger partial charge is 0.166 e. The van der Waals surface area contributed by atoms with Gasteiger partial charge in [0.05, 0.1) is 5.56 Å². The summed E-state index contributed by atoms with van der Waals surface area (Å²) < 4.78 is 0. The van der Waals surface area contributed by atoms with Crippen molar-refractivity contribution in [2.45, 2.75) is 19.8 Å². The first-order valence-corrected chi connectivity index (χ1v) is 6.16. The van der Waals surface area contributed by atoms with Gasteiger partial charge in [-0.1, -0.05) is 12.1 Å². The summed E-state index contributed by atoms with van der Waals surface area (Å²) in [7, 11) is 0. The molecule has 0 fully saturated rings.